The lowest BCUT2D eigenvalue weighted by Crippen LogP contribution is -1.93. The van der Waals surface area contributed by atoms with Gasteiger partial charge in [-0.25, -0.2) is 0 Å². The maximum Gasteiger partial charge on any atom is 0.153 e. The van der Waals surface area contributed by atoms with Gasteiger partial charge in [0.2, 0.25) is 0 Å². The Morgan fingerprint density at radius 2 is 2.00 bits per heavy atom. The third-order valence-electron chi connectivity index (χ3n) is 3.03. The Morgan fingerprint density at radius 3 is 2.80 bits per heavy atom. The minimum atomic E-state index is 0.686. The number of aromatic nitrogens is 1. The van der Waals surface area contributed by atoms with Crippen LogP contribution in [0.2, 0.25) is 0 Å². The summed E-state index contributed by atoms with van der Waals surface area (Å²) >= 11 is 3.41. The van der Waals surface area contributed by atoms with E-state index in [4.69, 9.17) is 10.5 Å². The van der Waals surface area contributed by atoms with Crippen molar-refractivity contribution in [3.8, 4) is 11.5 Å². The van der Waals surface area contributed by atoms with Crippen LogP contribution in [0, 0.1) is 6.92 Å². The van der Waals surface area contributed by atoms with E-state index in [9.17, 15) is 0 Å². The lowest BCUT2D eigenvalue weighted by atomic mass is 10.1. The van der Waals surface area contributed by atoms with Crippen LogP contribution in [0.1, 0.15) is 5.56 Å². The largest absolute Gasteiger partial charge is 0.455 e. The first-order valence-electron chi connectivity index (χ1n) is 6.22. The molecule has 3 rings (SSSR count). The fourth-order valence-corrected chi connectivity index (χ4v) is 2.41. The fourth-order valence-electron chi connectivity index (χ4n) is 2.08. The maximum atomic E-state index is 6.00. The van der Waals surface area contributed by atoms with Crippen molar-refractivity contribution in [3.63, 3.8) is 0 Å². The summed E-state index contributed by atoms with van der Waals surface area (Å²) in [6, 6.07) is 13.5. The number of halogens is 1. The second kappa shape index (κ2) is 5.13. The summed E-state index contributed by atoms with van der Waals surface area (Å²) in [5, 5.41) is 0.879. The maximum absolute atomic E-state index is 6.00. The van der Waals surface area contributed by atoms with Crippen molar-refractivity contribution in [2.75, 3.05) is 5.73 Å². The van der Waals surface area contributed by atoms with Gasteiger partial charge in [-0.05, 0) is 58.7 Å². The molecule has 4 heteroatoms. The van der Waals surface area contributed by atoms with Crippen molar-refractivity contribution >= 4 is 32.5 Å². The molecule has 0 fully saturated rings. The second-order valence-corrected chi connectivity index (χ2v) is 5.54. The minimum Gasteiger partial charge on any atom is -0.455 e. The van der Waals surface area contributed by atoms with Gasteiger partial charge in [0.1, 0.15) is 11.3 Å². The van der Waals surface area contributed by atoms with E-state index in [1.54, 1.807) is 6.20 Å². The Bertz CT molecular complexity index is 787. The molecule has 0 spiro atoms. The van der Waals surface area contributed by atoms with Crippen molar-refractivity contribution in [1.82, 2.24) is 4.98 Å². The van der Waals surface area contributed by atoms with Crippen molar-refractivity contribution in [3.05, 3.63) is 58.7 Å². The first kappa shape index (κ1) is 12.9. The van der Waals surface area contributed by atoms with E-state index in [0.29, 0.717) is 11.4 Å². The van der Waals surface area contributed by atoms with E-state index in [2.05, 4.69) is 20.9 Å². The van der Waals surface area contributed by atoms with Crippen molar-refractivity contribution in [1.29, 1.82) is 0 Å². The lowest BCUT2D eigenvalue weighted by Gasteiger charge is -2.10. The highest BCUT2D eigenvalue weighted by molar-refractivity contribution is 9.10. The number of rotatable bonds is 2. The number of hydrogen-bond acceptors (Lipinski definition) is 3. The van der Waals surface area contributed by atoms with E-state index in [1.807, 2.05) is 49.4 Å². The average molecular weight is 329 g/mol. The van der Waals surface area contributed by atoms with E-state index >= 15 is 0 Å². The monoisotopic (exact) mass is 328 g/mol. The molecule has 0 saturated carbocycles. The Morgan fingerprint density at radius 1 is 1.15 bits per heavy atom. The van der Waals surface area contributed by atoms with Crippen LogP contribution in [-0.4, -0.2) is 4.98 Å². The van der Waals surface area contributed by atoms with Crippen LogP contribution in [0.4, 0.5) is 5.69 Å². The summed E-state index contributed by atoms with van der Waals surface area (Å²) in [7, 11) is 0. The highest BCUT2D eigenvalue weighted by Crippen LogP contribution is 2.33. The normalized spacial score (nSPS) is 10.7. The molecule has 0 aliphatic rings. The molecule has 3 nitrogen and oxygen atoms in total. The van der Waals surface area contributed by atoms with Gasteiger partial charge >= 0.3 is 0 Å². The van der Waals surface area contributed by atoms with Crippen LogP contribution < -0.4 is 10.5 Å². The zero-order valence-electron chi connectivity index (χ0n) is 10.9. The Hall–Kier alpha value is -2.07. The van der Waals surface area contributed by atoms with Gasteiger partial charge in [0.05, 0.1) is 0 Å². The molecule has 100 valence electrons. The molecule has 0 aliphatic heterocycles. The van der Waals surface area contributed by atoms with Gasteiger partial charge in [0.25, 0.3) is 0 Å². The first-order chi connectivity index (χ1) is 9.63. The van der Waals surface area contributed by atoms with Crippen LogP contribution in [0.3, 0.4) is 0 Å². The first-order valence-corrected chi connectivity index (χ1v) is 7.01. The smallest absolute Gasteiger partial charge is 0.153 e. The zero-order chi connectivity index (χ0) is 14.1. The molecule has 20 heavy (non-hydrogen) atoms. The zero-order valence-corrected chi connectivity index (χ0v) is 12.5. The summed E-state index contributed by atoms with van der Waals surface area (Å²) in [4.78, 5) is 4.41. The number of anilines is 1. The number of ether oxygens (including phenoxy) is 1. The third-order valence-corrected chi connectivity index (χ3v) is 3.46. The van der Waals surface area contributed by atoms with E-state index in [-0.39, 0.29) is 0 Å². The number of pyridine rings is 1. The van der Waals surface area contributed by atoms with E-state index in [0.717, 1.165) is 26.7 Å². The average Bonchev–Trinajstić information content (AvgIpc) is 2.42. The van der Waals surface area contributed by atoms with Gasteiger partial charge in [-0.3, -0.25) is 4.98 Å². The number of nitrogen functional groups attached to an aromatic ring is 1. The molecule has 0 aliphatic carbocycles. The summed E-state index contributed by atoms with van der Waals surface area (Å²) in [5.41, 5.74) is 8.59. The van der Waals surface area contributed by atoms with E-state index in [1.165, 1.54) is 0 Å². The molecule has 0 bridgehead atoms. The van der Waals surface area contributed by atoms with Crippen LogP contribution in [0.25, 0.3) is 10.9 Å². The number of fused-ring (bicyclic) bond motifs is 1. The predicted octanol–water partition coefficient (Wildman–Crippen LogP) is 4.68. The Kier molecular flexibility index (Phi) is 3.32. The molecule has 2 aromatic carbocycles. The van der Waals surface area contributed by atoms with Gasteiger partial charge in [-0.2, -0.15) is 0 Å². The summed E-state index contributed by atoms with van der Waals surface area (Å²) in [6.07, 6.45) is 1.74. The van der Waals surface area contributed by atoms with Gasteiger partial charge in [0.15, 0.2) is 5.75 Å². The number of nitrogens with zero attached hydrogens (tertiary/aromatic N) is 1. The standard InChI is InChI=1S/C16H13BrN2O/c1-10-3-2-4-12(7-10)20-15-6-5-14(18)13-8-11(17)9-19-16(13)15/h2-9H,18H2,1H3. The summed E-state index contributed by atoms with van der Waals surface area (Å²) in [5.74, 6) is 1.49. The molecule has 1 heterocycles. The van der Waals surface area contributed by atoms with Crippen LogP contribution in [0.5, 0.6) is 11.5 Å². The predicted molar refractivity (Wildman–Crippen MR) is 85.1 cm³/mol. The number of aryl methyl sites for hydroxylation is 1. The Labute approximate surface area is 125 Å². The van der Waals surface area contributed by atoms with Crippen LogP contribution >= 0.6 is 15.9 Å². The molecular formula is C16H13BrN2O. The molecule has 2 N–H and O–H groups in total. The van der Waals surface area contributed by atoms with Gasteiger partial charge in [0, 0.05) is 21.7 Å². The molecule has 1 aromatic heterocycles. The Balaban J connectivity index is 2.10. The summed E-state index contributed by atoms with van der Waals surface area (Å²) < 4.78 is 6.83. The molecule has 0 saturated heterocycles. The summed E-state index contributed by atoms with van der Waals surface area (Å²) in [6.45, 7) is 2.03. The lowest BCUT2D eigenvalue weighted by molar-refractivity contribution is 0.487. The highest BCUT2D eigenvalue weighted by atomic mass is 79.9. The van der Waals surface area contributed by atoms with Crippen molar-refractivity contribution in [2.45, 2.75) is 6.92 Å². The van der Waals surface area contributed by atoms with Crippen molar-refractivity contribution in [2.24, 2.45) is 0 Å². The van der Waals surface area contributed by atoms with Gasteiger partial charge in [-0.1, -0.05) is 12.1 Å². The van der Waals surface area contributed by atoms with Crippen molar-refractivity contribution < 1.29 is 4.74 Å². The van der Waals surface area contributed by atoms with Gasteiger partial charge < -0.3 is 10.5 Å². The molecule has 3 aromatic rings. The molecule has 0 amide bonds. The fraction of sp³-hybridized carbons (Fsp3) is 0.0625. The SMILES string of the molecule is Cc1cccc(Oc2ccc(N)c3cc(Br)cnc23)c1. The number of nitrogens with two attached hydrogens (primary N) is 1. The molecule has 0 unspecified atom stereocenters. The highest BCUT2D eigenvalue weighted by Gasteiger charge is 2.08. The number of benzene rings is 2. The molecular weight excluding hydrogens is 316 g/mol. The topological polar surface area (TPSA) is 48.1 Å². The van der Waals surface area contributed by atoms with E-state index < -0.39 is 0 Å². The number of hydrogen-bond donors (Lipinski definition) is 1. The van der Waals surface area contributed by atoms with Crippen LogP contribution in [-0.2, 0) is 0 Å². The second-order valence-electron chi connectivity index (χ2n) is 4.62. The molecule has 0 radical (unpaired) electrons. The third kappa shape index (κ3) is 2.47. The van der Waals surface area contributed by atoms with Crippen LogP contribution in [0.15, 0.2) is 53.1 Å². The van der Waals surface area contributed by atoms with Gasteiger partial charge in [-0.15, -0.1) is 0 Å². The molecule has 0 atom stereocenters. The quantitative estimate of drug-likeness (QED) is 0.695. The minimum absolute atomic E-state index is 0.686.